The minimum atomic E-state index is -0.224. The molecule has 1 amide bonds. The summed E-state index contributed by atoms with van der Waals surface area (Å²) in [6.45, 7) is 2.14. The highest BCUT2D eigenvalue weighted by Gasteiger charge is 2.03. The Morgan fingerprint density at radius 2 is 1.95 bits per heavy atom. The van der Waals surface area contributed by atoms with Crippen LogP contribution in [0.15, 0.2) is 42.7 Å². The van der Waals surface area contributed by atoms with Gasteiger partial charge in [0.15, 0.2) is 0 Å². The van der Waals surface area contributed by atoms with E-state index in [0.29, 0.717) is 24.9 Å². The van der Waals surface area contributed by atoms with Gasteiger partial charge in [0.05, 0.1) is 0 Å². The Morgan fingerprint density at radius 3 is 2.65 bits per heavy atom. The van der Waals surface area contributed by atoms with Crippen LogP contribution in [-0.2, 0) is 17.8 Å². The van der Waals surface area contributed by atoms with Crippen molar-refractivity contribution in [1.29, 1.82) is 0 Å². The molecule has 0 unspecified atom stereocenters. The van der Waals surface area contributed by atoms with Gasteiger partial charge in [-0.2, -0.15) is 0 Å². The molecule has 4 heteroatoms. The predicted molar refractivity (Wildman–Crippen MR) is 75.5 cm³/mol. The van der Waals surface area contributed by atoms with Gasteiger partial charge < -0.3 is 5.32 Å². The molecule has 2 aromatic rings. The molecule has 0 saturated carbocycles. The molecule has 0 aliphatic rings. The van der Waals surface area contributed by atoms with Crippen molar-refractivity contribution in [3.05, 3.63) is 65.2 Å². The van der Waals surface area contributed by atoms with Crippen molar-refractivity contribution < 1.29 is 9.18 Å². The lowest BCUT2D eigenvalue weighted by Crippen LogP contribution is -2.23. The lowest BCUT2D eigenvalue weighted by atomic mass is 10.1. The first-order valence-electron chi connectivity index (χ1n) is 6.56. The lowest BCUT2D eigenvalue weighted by Gasteiger charge is -2.06. The van der Waals surface area contributed by atoms with E-state index >= 15 is 0 Å². The van der Waals surface area contributed by atoms with E-state index in [0.717, 1.165) is 11.1 Å². The van der Waals surface area contributed by atoms with E-state index in [2.05, 4.69) is 10.3 Å². The molecule has 0 aliphatic carbocycles. The van der Waals surface area contributed by atoms with Crippen LogP contribution in [0.25, 0.3) is 0 Å². The number of aromatic nitrogens is 1. The van der Waals surface area contributed by atoms with Crippen LogP contribution in [0.5, 0.6) is 0 Å². The highest BCUT2D eigenvalue weighted by molar-refractivity contribution is 5.76. The zero-order valence-electron chi connectivity index (χ0n) is 11.4. The zero-order valence-corrected chi connectivity index (χ0v) is 11.4. The number of hydrogen-bond acceptors (Lipinski definition) is 2. The van der Waals surface area contributed by atoms with Crippen molar-refractivity contribution in [1.82, 2.24) is 10.3 Å². The summed E-state index contributed by atoms with van der Waals surface area (Å²) in [5, 5.41) is 2.84. The van der Waals surface area contributed by atoms with Gasteiger partial charge in [-0.25, -0.2) is 4.39 Å². The fourth-order valence-corrected chi connectivity index (χ4v) is 1.91. The molecule has 0 radical (unpaired) electrons. The zero-order chi connectivity index (χ0) is 14.4. The van der Waals surface area contributed by atoms with E-state index in [-0.39, 0.29) is 11.7 Å². The molecule has 0 atom stereocenters. The fraction of sp³-hybridized carbons (Fsp3) is 0.250. The summed E-state index contributed by atoms with van der Waals surface area (Å²) in [7, 11) is 0. The van der Waals surface area contributed by atoms with Gasteiger partial charge in [0, 0.05) is 25.4 Å². The summed E-state index contributed by atoms with van der Waals surface area (Å²) in [4.78, 5) is 15.7. The van der Waals surface area contributed by atoms with Crippen molar-refractivity contribution in [3.63, 3.8) is 0 Å². The number of carbonyl (C=O) groups excluding carboxylic acids is 1. The number of aryl methyl sites for hydroxylation is 2. The van der Waals surface area contributed by atoms with Gasteiger partial charge in [0.25, 0.3) is 0 Å². The maximum atomic E-state index is 13.1. The molecule has 0 spiro atoms. The van der Waals surface area contributed by atoms with Gasteiger partial charge in [-0.05, 0) is 48.2 Å². The SMILES string of the molecule is Cc1cc(CNC(=O)CCc2ccncc2)ccc1F. The second-order valence-corrected chi connectivity index (χ2v) is 4.72. The van der Waals surface area contributed by atoms with Crippen LogP contribution in [0.1, 0.15) is 23.1 Å². The maximum absolute atomic E-state index is 13.1. The van der Waals surface area contributed by atoms with Crippen LogP contribution >= 0.6 is 0 Å². The molecular formula is C16H17FN2O. The highest BCUT2D eigenvalue weighted by atomic mass is 19.1. The Labute approximate surface area is 117 Å². The molecule has 0 saturated heterocycles. The van der Waals surface area contributed by atoms with E-state index < -0.39 is 0 Å². The Balaban J connectivity index is 1.79. The average molecular weight is 272 g/mol. The minimum Gasteiger partial charge on any atom is -0.352 e. The molecule has 1 heterocycles. The number of rotatable bonds is 5. The molecule has 20 heavy (non-hydrogen) atoms. The standard InChI is InChI=1S/C16H17FN2O/c1-12-10-14(2-4-15(12)17)11-19-16(20)5-3-13-6-8-18-9-7-13/h2,4,6-10H,3,5,11H2,1H3,(H,19,20). The van der Waals surface area contributed by atoms with Gasteiger partial charge in [-0.15, -0.1) is 0 Å². The predicted octanol–water partition coefficient (Wildman–Crippen LogP) is 2.78. The normalized spacial score (nSPS) is 10.3. The van der Waals surface area contributed by atoms with E-state index in [9.17, 15) is 9.18 Å². The van der Waals surface area contributed by atoms with Crippen LogP contribution < -0.4 is 5.32 Å². The van der Waals surface area contributed by atoms with Gasteiger partial charge in [-0.3, -0.25) is 9.78 Å². The van der Waals surface area contributed by atoms with Crippen LogP contribution in [0.2, 0.25) is 0 Å². The molecule has 104 valence electrons. The molecule has 1 aromatic carbocycles. The summed E-state index contributed by atoms with van der Waals surface area (Å²) in [6.07, 6.45) is 4.56. The topological polar surface area (TPSA) is 42.0 Å². The number of halogens is 1. The number of nitrogens with one attached hydrogen (secondary N) is 1. The summed E-state index contributed by atoms with van der Waals surface area (Å²) in [6, 6.07) is 8.66. The average Bonchev–Trinajstić information content (AvgIpc) is 2.47. The molecular weight excluding hydrogens is 255 g/mol. The number of benzene rings is 1. The van der Waals surface area contributed by atoms with Crippen molar-refractivity contribution in [2.45, 2.75) is 26.3 Å². The summed E-state index contributed by atoms with van der Waals surface area (Å²) < 4.78 is 13.1. The number of nitrogens with zero attached hydrogens (tertiary/aromatic N) is 1. The molecule has 1 aromatic heterocycles. The van der Waals surface area contributed by atoms with Gasteiger partial charge in [0.1, 0.15) is 5.82 Å². The number of amides is 1. The van der Waals surface area contributed by atoms with Crippen molar-refractivity contribution >= 4 is 5.91 Å². The Hall–Kier alpha value is -2.23. The molecule has 1 N–H and O–H groups in total. The monoisotopic (exact) mass is 272 g/mol. The summed E-state index contributed by atoms with van der Waals surface area (Å²) in [5.74, 6) is -0.235. The molecule has 0 aliphatic heterocycles. The lowest BCUT2D eigenvalue weighted by molar-refractivity contribution is -0.121. The van der Waals surface area contributed by atoms with E-state index in [4.69, 9.17) is 0 Å². The Bertz CT molecular complexity index is 584. The van der Waals surface area contributed by atoms with Crippen LogP contribution in [0, 0.1) is 12.7 Å². The maximum Gasteiger partial charge on any atom is 0.220 e. The smallest absolute Gasteiger partial charge is 0.220 e. The first kappa shape index (κ1) is 14.2. The summed E-state index contributed by atoms with van der Waals surface area (Å²) >= 11 is 0. The minimum absolute atomic E-state index is 0.0104. The number of pyridine rings is 1. The van der Waals surface area contributed by atoms with Crippen molar-refractivity contribution in [2.75, 3.05) is 0 Å². The molecule has 3 nitrogen and oxygen atoms in total. The summed E-state index contributed by atoms with van der Waals surface area (Å²) in [5.41, 5.74) is 2.59. The second-order valence-electron chi connectivity index (χ2n) is 4.72. The van der Waals surface area contributed by atoms with E-state index in [1.807, 2.05) is 12.1 Å². The molecule has 0 fully saturated rings. The van der Waals surface area contributed by atoms with Crippen LogP contribution in [-0.4, -0.2) is 10.9 Å². The van der Waals surface area contributed by atoms with Crippen molar-refractivity contribution in [2.24, 2.45) is 0 Å². The third-order valence-electron chi connectivity index (χ3n) is 3.10. The molecule has 0 bridgehead atoms. The first-order chi connectivity index (χ1) is 9.65. The molecule has 2 rings (SSSR count). The van der Waals surface area contributed by atoms with E-state index in [1.165, 1.54) is 6.07 Å². The first-order valence-corrected chi connectivity index (χ1v) is 6.56. The van der Waals surface area contributed by atoms with Gasteiger partial charge in [-0.1, -0.05) is 12.1 Å². The van der Waals surface area contributed by atoms with Crippen LogP contribution in [0.3, 0.4) is 0 Å². The van der Waals surface area contributed by atoms with Gasteiger partial charge >= 0.3 is 0 Å². The Morgan fingerprint density at radius 1 is 1.20 bits per heavy atom. The van der Waals surface area contributed by atoms with E-state index in [1.54, 1.807) is 31.5 Å². The largest absolute Gasteiger partial charge is 0.352 e. The second kappa shape index (κ2) is 6.80. The third kappa shape index (κ3) is 4.16. The third-order valence-corrected chi connectivity index (χ3v) is 3.10. The van der Waals surface area contributed by atoms with Crippen LogP contribution in [0.4, 0.5) is 4.39 Å². The number of carbonyl (C=O) groups is 1. The number of hydrogen-bond donors (Lipinski definition) is 1. The Kier molecular flexibility index (Phi) is 4.82. The quantitative estimate of drug-likeness (QED) is 0.909. The highest BCUT2D eigenvalue weighted by Crippen LogP contribution is 2.09. The van der Waals surface area contributed by atoms with Gasteiger partial charge in [0.2, 0.25) is 5.91 Å². The van der Waals surface area contributed by atoms with Crippen molar-refractivity contribution in [3.8, 4) is 0 Å². The fourth-order valence-electron chi connectivity index (χ4n) is 1.91.